The lowest BCUT2D eigenvalue weighted by Gasteiger charge is -2.26. The van der Waals surface area contributed by atoms with Crippen molar-refractivity contribution in [3.05, 3.63) is 242 Å². The normalized spacial score (nSPS) is 13.0. The first-order valence-corrected chi connectivity index (χ1v) is 25.7. The molecule has 0 radical (unpaired) electrons. The molecule has 0 unspecified atom stereocenters. The van der Waals surface area contributed by atoms with E-state index in [9.17, 15) is 0 Å². The Kier molecular flexibility index (Phi) is 8.73. The van der Waals surface area contributed by atoms with Gasteiger partial charge in [0.1, 0.15) is 11.2 Å². The second kappa shape index (κ2) is 15.6. The zero-order valence-corrected chi connectivity index (χ0v) is 41.1. The summed E-state index contributed by atoms with van der Waals surface area (Å²) in [7, 11) is 0. The standard InChI is InChI=1S/C70H44N4O/c1-70(2)58-27-14-26-55-51-22-5-8-28-59(51)74-60-29-9-6-23-52(60)57-40-56(65(70)64(63(55)58)66(57)74)46-19-11-17-44(37-46)45-18-12-20-47(38-45)68-71-67(43-33-31-42(32-34-43)50-25-13-16-41-15-3-4-21-49(41)50)72-69(73-68)48-35-36-54-53-24-7-10-30-61(53)75-62(54)39-48/h3-40H,1-2H3. The zero-order valence-electron chi connectivity index (χ0n) is 41.1. The van der Waals surface area contributed by atoms with E-state index in [-0.39, 0.29) is 5.41 Å². The summed E-state index contributed by atoms with van der Waals surface area (Å²) in [5, 5.41) is 7.10. The first-order chi connectivity index (χ1) is 36.9. The number of nitrogens with zero attached hydrogens (tertiary/aromatic N) is 4. The Labute approximate surface area is 432 Å². The van der Waals surface area contributed by atoms with E-state index in [0.29, 0.717) is 17.5 Å². The molecule has 350 valence electrons. The summed E-state index contributed by atoms with van der Waals surface area (Å²) in [6.07, 6.45) is 0. The van der Waals surface area contributed by atoms with Crippen molar-refractivity contribution in [3.8, 4) is 95.5 Å². The predicted molar refractivity (Wildman–Crippen MR) is 308 cm³/mol. The van der Waals surface area contributed by atoms with Gasteiger partial charge in [0.25, 0.3) is 0 Å². The second-order valence-electron chi connectivity index (χ2n) is 20.7. The fraction of sp³-hybridized carbons (Fsp3) is 0.0429. The van der Waals surface area contributed by atoms with Crippen molar-refractivity contribution >= 4 is 54.5 Å². The maximum Gasteiger partial charge on any atom is 0.164 e. The van der Waals surface area contributed by atoms with Gasteiger partial charge in [-0.05, 0) is 115 Å². The fourth-order valence-corrected chi connectivity index (χ4v) is 12.7. The Morgan fingerprint density at radius 2 is 0.933 bits per heavy atom. The minimum atomic E-state index is -0.257. The number of rotatable bonds is 6. The average molecular weight is 957 g/mol. The Balaban J connectivity index is 0.844. The van der Waals surface area contributed by atoms with Crippen molar-refractivity contribution in [1.29, 1.82) is 0 Å². The zero-order chi connectivity index (χ0) is 49.5. The SMILES string of the molecule is CC1(C)c2cccc3c2-c2c1c(-c1cccc(-c4cccc(-c5nc(-c6ccc(-c7cccc8ccccc78)cc6)nc(-c6ccc7c(c6)oc6ccccc67)n5)c4)c1)cc1c4ccccc4n(c21)-c1ccccc1-3. The van der Waals surface area contributed by atoms with Gasteiger partial charge in [0, 0.05) is 54.8 Å². The third-order valence-corrected chi connectivity index (χ3v) is 16.2. The molecule has 2 aliphatic rings. The number of furan rings is 1. The molecule has 1 aliphatic heterocycles. The molecule has 5 heteroatoms. The molecule has 75 heavy (non-hydrogen) atoms. The highest BCUT2D eigenvalue weighted by Crippen LogP contribution is 2.60. The van der Waals surface area contributed by atoms with Crippen LogP contribution < -0.4 is 0 Å². The van der Waals surface area contributed by atoms with Crippen molar-refractivity contribution in [2.75, 3.05) is 0 Å². The van der Waals surface area contributed by atoms with Gasteiger partial charge in [-0.15, -0.1) is 0 Å². The quantitative estimate of drug-likeness (QED) is 0.167. The van der Waals surface area contributed by atoms with Gasteiger partial charge in [-0.3, -0.25) is 0 Å². The topological polar surface area (TPSA) is 56.7 Å². The van der Waals surface area contributed by atoms with Crippen molar-refractivity contribution < 1.29 is 4.42 Å². The number of fused-ring (bicyclic) bond motifs is 10. The van der Waals surface area contributed by atoms with Crippen molar-refractivity contribution in [1.82, 2.24) is 19.5 Å². The Morgan fingerprint density at radius 1 is 0.360 bits per heavy atom. The van der Waals surface area contributed by atoms with Crippen molar-refractivity contribution in [2.45, 2.75) is 19.3 Å². The minimum Gasteiger partial charge on any atom is -0.456 e. The van der Waals surface area contributed by atoms with E-state index in [1.807, 2.05) is 18.2 Å². The van der Waals surface area contributed by atoms with Crippen LogP contribution in [0.3, 0.4) is 0 Å². The van der Waals surface area contributed by atoms with Gasteiger partial charge in [0.05, 0.1) is 16.7 Å². The number of hydrogen-bond donors (Lipinski definition) is 0. The predicted octanol–water partition coefficient (Wildman–Crippen LogP) is 18.3. The molecule has 11 aromatic carbocycles. The van der Waals surface area contributed by atoms with Gasteiger partial charge in [-0.1, -0.05) is 196 Å². The van der Waals surface area contributed by atoms with E-state index < -0.39 is 0 Å². The molecular weight excluding hydrogens is 913 g/mol. The highest BCUT2D eigenvalue weighted by atomic mass is 16.3. The lowest BCUT2D eigenvalue weighted by atomic mass is 9.78. The molecule has 0 amide bonds. The fourth-order valence-electron chi connectivity index (χ4n) is 12.7. The smallest absolute Gasteiger partial charge is 0.164 e. The summed E-state index contributed by atoms with van der Waals surface area (Å²) in [6.45, 7) is 4.83. The Bertz CT molecular complexity index is 4740. The number of para-hydroxylation sites is 3. The van der Waals surface area contributed by atoms with Gasteiger partial charge < -0.3 is 8.98 Å². The van der Waals surface area contributed by atoms with Crippen LogP contribution in [0.5, 0.6) is 0 Å². The number of aromatic nitrogens is 4. The molecule has 0 atom stereocenters. The molecule has 14 aromatic rings. The van der Waals surface area contributed by atoms with E-state index in [2.05, 4.69) is 231 Å². The van der Waals surface area contributed by atoms with Crippen LogP contribution in [0.1, 0.15) is 25.0 Å². The van der Waals surface area contributed by atoms with Gasteiger partial charge in [0.15, 0.2) is 17.5 Å². The first-order valence-electron chi connectivity index (χ1n) is 25.7. The molecule has 5 nitrogen and oxygen atoms in total. The first kappa shape index (κ1) is 41.9. The molecule has 0 bridgehead atoms. The summed E-state index contributed by atoms with van der Waals surface area (Å²) in [4.78, 5) is 15.7. The molecule has 0 saturated heterocycles. The Hall–Kier alpha value is -9.71. The lowest BCUT2D eigenvalue weighted by molar-refractivity contribution is 0.662. The van der Waals surface area contributed by atoms with Crippen LogP contribution in [0.15, 0.2) is 235 Å². The van der Waals surface area contributed by atoms with E-state index in [1.165, 1.54) is 88.3 Å². The molecule has 3 aromatic heterocycles. The molecule has 4 heterocycles. The van der Waals surface area contributed by atoms with E-state index >= 15 is 0 Å². The summed E-state index contributed by atoms with van der Waals surface area (Å²) >= 11 is 0. The van der Waals surface area contributed by atoms with Crippen LogP contribution in [0.25, 0.3) is 150 Å². The molecule has 0 spiro atoms. The van der Waals surface area contributed by atoms with E-state index in [4.69, 9.17) is 19.4 Å². The van der Waals surface area contributed by atoms with Gasteiger partial charge in [-0.2, -0.15) is 0 Å². The van der Waals surface area contributed by atoms with Gasteiger partial charge in [-0.25, -0.2) is 15.0 Å². The molecule has 16 rings (SSSR count). The van der Waals surface area contributed by atoms with Gasteiger partial charge in [0.2, 0.25) is 0 Å². The second-order valence-corrected chi connectivity index (χ2v) is 20.7. The highest BCUT2D eigenvalue weighted by molar-refractivity contribution is 6.20. The molecule has 1 aliphatic carbocycles. The van der Waals surface area contributed by atoms with Crippen molar-refractivity contribution in [2.24, 2.45) is 0 Å². The number of hydrogen-bond acceptors (Lipinski definition) is 4. The van der Waals surface area contributed by atoms with E-state index in [1.54, 1.807) is 0 Å². The largest absolute Gasteiger partial charge is 0.456 e. The maximum atomic E-state index is 6.38. The van der Waals surface area contributed by atoms with Gasteiger partial charge >= 0.3 is 0 Å². The van der Waals surface area contributed by atoms with Crippen LogP contribution in [0.4, 0.5) is 0 Å². The van der Waals surface area contributed by atoms with Crippen LogP contribution in [0.2, 0.25) is 0 Å². The maximum absolute atomic E-state index is 6.38. The Morgan fingerprint density at radius 3 is 1.77 bits per heavy atom. The molecule has 0 N–H and O–H groups in total. The summed E-state index contributed by atoms with van der Waals surface area (Å²) in [5.41, 5.74) is 22.7. The highest BCUT2D eigenvalue weighted by Gasteiger charge is 2.43. The molecular formula is C70H44N4O. The third kappa shape index (κ3) is 6.16. The lowest BCUT2D eigenvalue weighted by Crippen LogP contribution is -2.16. The molecule has 0 saturated carbocycles. The van der Waals surface area contributed by atoms with Crippen LogP contribution in [0, 0.1) is 0 Å². The monoisotopic (exact) mass is 956 g/mol. The van der Waals surface area contributed by atoms with Crippen molar-refractivity contribution in [3.63, 3.8) is 0 Å². The minimum absolute atomic E-state index is 0.257. The van der Waals surface area contributed by atoms with Crippen LogP contribution in [-0.2, 0) is 5.41 Å². The summed E-state index contributed by atoms with van der Waals surface area (Å²) in [5.74, 6) is 1.77. The van der Waals surface area contributed by atoms with Crippen LogP contribution in [-0.4, -0.2) is 19.5 Å². The summed E-state index contributed by atoms with van der Waals surface area (Å²) < 4.78 is 8.91. The van der Waals surface area contributed by atoms with Crippen LogP contribution >= 0.6 is 0 Å². The summed E-state index contributed by atoms with van der Waals surface area (Å²) in [6, 6.07) is 83.0. The third-order valence-electron chi connectivity index (χ3n) is 16.2. The molecule has 0 fully saturated rings. The van der Waals surface area contributed by atoms with E-state index in [0.717, 1.165) is 55.3 Å². The number of benzene rings is 11. The average Bonchev–Trinajstić information content (AvgIpc) is 4.06.